The van der Waals surface area contributed by atoms with Crippen molar-refractivity contribution in [1.29, 1.82) is 0 Å². The summed E-state index contributed by atoms with van der Waals surface area (Å²) in [4.78, 5) is 26.0. The van der Waals surface area contributed by atoms with Crippen molar-refractivity contribution in [3.8, 4) is 0 Å². The molecule has 0 saturated carbocycles. The third-order valence-corrected chi connectivity index (χ3v) is 11.3. The minimum Gasteiger partial charge on any atom is -0.462 e. The van der Waals surface area contributed by atoms with Crippen molar-refractivity contribution in [2.45, 2.75) is 283 Å². The molecule has 0 radical (unpaired) electrons. The molecule has 0 fully saturated rings. The number of aliphatic hydroxyl groups is 2. The number of hydrogen-bond donors (Lipinski definition) is 3. The van der Waals surface area contributed by atoms with E-state index in [1.807, 2.05) is 0 Å². The fraction of sp³-hybridized carbons (Fsp3) is 0.918. The van der Waals surface area contributed by atoms with E-state index in [0.29, 0.717) is 19.3 Å². The normalized spacial score (nSPS) is 13.3. The molecule has 0 aliphatic rings. The van der Waals surface area contributed by atoms with Crippen molar-refractivity contribution in [3.05, 3.63) is 12.2 Å². The molecule has 3 unspecified atom stereocenters. The van der Waals surface area contributed by atoms with Gasteiger partial charge in [-0.15, -0.1) is 0 Å². The first kappa shape index (κ1) is 53.6. The van der Waals surface area contributed by atoms with Gasteiger partial charge in [-0.2, -0.15) is 0 Å². The van der Waals surface area contributed by atoms with E-state index in [0.717, 1.165) is 51.4 Å². The summed E-state index contributed by atoms with van der Waals surface area (Å²) in [6, 6.07) is -0.696. The smallest absolute Gasteiger partial charge is 0.306 e. The number of aliphatic hydroxyl groups excluding tert-OH is 2. The van der Waals surface area contributed by atoms with Gasteiger partial charge in [0.2, 0.25) is 5.91 Å². The highest BCUT2D eigenvalue weighted by Gasteiger charge is 2.24. The van der Waals surface area contributed by atoms with E-state index < -0.39 is 18.2 Å². The molecule has 3 atom stereocenters. The number of nitrogens with one attached hydrogen (secondary N) is 1. The van der Waals surface area contributed by atoms with E-state index in [9.17, 15) is 19.8 Å². The van der Waals surface area contributed by atoms with Gasteiger partial charge in [-0.25, -0.2) is 0 Å². The Labute approximate surface area is 342 Å². The van der Waals surface area contributed by atoms with Crippen LogP contribution in [0.4, 0.5) is 0 Å². The van der Waals surface area contributed by atoms with Gasteiger partial charge in [0, 0.05) is 6.42 Å². The van der Waals surface area contributed by atoms with Crippen LogP contribution in [0.3, 0.4) is 0 Å². The molecule has 0 saturated heterocycles. The average Bonchev–Trinajstić information content (AvgIpc) is 3.18. The topological polar surface area (TPSA) is 95.9 Å². The summed E-state index contributed by atoms with van der Waals surface area (Å²) >= 11 is 0. The first-order chi connectivity index (χ1) is 27.0. The van der Waals surface area contributed by atoms with Crippen LogP contribution in [-0.2, 0) is 14.3 Å². The van der Waals surface area contributed by atoms with Crippen molar-refractivity contribution in [3.63, 3.8) is 0 Å². The molecular formula is C49H95NO5. The predicted octanol–water partition coefficient (Wildman–Crippen LogP) is 14.2. The van der Waals surface area contributed by atoms with Crippen molar-refractivity contribution in [2.24, 2.45) is 0 Å². The minimum atomic E-state index is -0.782. The number of hydrogen-bond acceptors (Lipinski definition) is 5. The largest absolute Gasteiger partial charge is 0.462 e. The van der Waals surface area contributed by atoms with Crippen LogP contribution >= 0.6 is 0 Å². The van der Waals surface area contributed by atoms with Gasteiger partial charge in [-0.1, -0.05) is 213 Å². The van der Waals surface area contributed by atoms with Crippen molar-refractivity contribution < 1.29 is 24.5 Å². The molecule has 0 aromatic heterocycles. The van der Waals surface area contributed by atoms with Gasteiger partial charge in [0.1, 0.15) is 6.10 Å². The van der Waals surface area contributed by atoms with E-state index in [-0.39, 0.29) is 24.9 Å². The van der Waals surface area contributed by atoms with Crippen molar-refractivity contribution in [1.82, 2.24) is 5.32 Å². The first-order valence-electron chi connectivity index (χ1n) is 24.4. The summed E-state index contributed by atoms with van der Waals surface area (Å²) in [5.74, 6) is -0.480. The Kier molecular flexibility index (Phi) is 42.6. The Morgan fingerprint density at radius 3 is 1.29 bits per heavy atom. The summed E-state index contributed by atoms with van der Waals surface area (Å²) in [5, 5.41) is 23.6. The summed E-state index contributed by atoms with van der Waals surface area (Å²) in [6.07, 6.45) is 47.0. The number of carbonyl (C=O) groups excluding carboxylic acids is 2. The van der Waals surface area contributed by atoms with E-state index in [1.54, 1.807) is 0 Å². The molecule has 0 rings (SSSR count). The highest BCUT2D eigenvalue weighted by atomic mass is 16.5. The number of allylic oxidation sites excluding steroid dienone is 2. The number of unbranched alkanes of at least 4 members (excludes halogenated alkanes) is 30. The molecule has 3 N–H and O–H groups in total. The van der Waals surface area contributed by atoms with E-state index >= 15 is 0 Å². The molecule has 0 aliphatic heterocycles. The second-order valence-electron chi connectivity index (χ2n) is 16.9. The van der Waals surface area contributed by atoms with Gasteiger partial charge in [0.15, 0.2) is 0 Å². The van der Waals surface area contributed by atoms with Crippen LogP contribution in [0.25, 0.3) is 0 Å². The summed E-state index contributed by atoms with van der Waals surface area (Å²) < 4.78 is 5.91. The molecule has 0 bridgehead atoms. The molecule has 6 nitrogen and oxygen atoms in total. The standard InChI is InChI=1S/C49H95NO5/c1-4-7-10-13-16-19-22-24-25-27-30-33-36-39-42-49(54)55-45(40-37-34-31-28-26-23-20-17-14-11-8-5-2)43-48(53)50-46(44-51)47(52)41-38-35-32-29-21-18-15-12-9-6-3/h25,27,45-47,51-52H,4-24,26,28-44H2,1-3H3,(H,50,53)/b27-25-. The summed E-state index contributed by atoms with van der Waals surface area (Å²) in [6.45, 7) is 6.47. The van der Waals surface area contributed by atoms with E-state index in [4.69, 9.17) is 4.74 Å². The average molecular weight is 778 g/mol. The van der Waals surface area contributed by atoms with Gasteiger partial charge in [0.25, 0.3) is 0 Å². The van der Waals surface area contributed by atoms with Crippen LogP contribution in [0, 0.1) is 0 Å². The van der Waals surface area contributed by atoms with Crippen molar-refractivity contribution in [2.75, 3.05) is 6.61 Å². The molecule has 0 aliphatic carbocycles. The predicted molar refractivity (Wildman–Crippen MR) is 237 cm³/mol. The van der Waals surface area contributed by atoms with Crippen LogP contribution in [0.5, 0.6) is 0 Å². The van der Waals surface area contributed by atoms with Crippen LogP contribution in [0.2, 0.25) is 0 Å². The lowest BCUT2D eigenvalue weighted by Crippen LogP contribution is -2.46. The lowest BCUT2D eigenvalue weighted by Gasteiger charge is -2.24. The number of ether oxygens (including phenoxy) is 1. The van der Waals surface area contributed by atoms with Crippen LogP contribution in [0.1, 0.15) is 265 Å². The van der Waals surface area contributed by atoms with E-state index in [1.165, 1.54) is 167 Å². The molecule has 0 spiro atoms. The molecule has 0 heterocycles. The monoisotopic (exact) mass is 778 g/mol. The molecular weight excluding hydrogens is 683 g/mol. The lowest BCUT2D eigenvalue weighted by atomic mass is 10.0. The maximum absolute atomic E-state index is 13.1. The van der Waals surface area contributed by atoms with Gasteiger partial charge in [-0.05, 0) is 51.4 Å². The second kappa shape index (κ2) is 43.7. The maximum Gasteiger partial charge on any atom is 0.306 e. The molecule has 6 heteroatoms. The zero-order chi connectivity index (χ0) is 40.3. The van der Waals surface area contributed by atoms with Crippen LogP contribution in [-0.4, -0.2) is 46.9 Å². The number of carbonyl (C=O) groups is 2. The Morgan fingerprint density at radius 1 is 0.509 bits per heavy atom. The lowest BCUT2D eigenvalue weighted by molar-refractivity contribution is -0.151. The fourth-order valence-electron chi connectivity index (χ4n) is 7.60. The number of amides is 1. The van der Waals surface area contributed by atoms with Gasteiger partial charge < -0.3 is 20.3 Å². The Morgan fingerprint density at radius 2 is 0.873 bits per heavy atom. The van der Waals surface area contributed by atoms with Gasteiger partial charge >= 0.3 is 5.97 Å². The number of rotatable bonds is 44. The van der Waals surface area contributed by atoms with Crippen molar-refractivity contribution >= 4 is 11.9 Å². The van der Waals surface area contributed by atoms with E-state index in [2.05, 4.69) is 38.2 Å². The second-order valence-corrected chi connectivity index (χ2v) is 16.9. The fourth-order valence-corrected chi connectivity index (χ4v) is 7.60. The molecule has 0 aromatic carbocycles. The zero-order valence-electron chi connectivity index (χ0n) is 37.1. The van der Waals surface area contributed by atoms with Gasteiger partial charge in [-0.3, -0.25) is 9.59 Å². The highest BCUT2D eigenvalue weighted by Crippen LogP contribution is 2.18. The highest BCUT2D eigenvalue weighted by molar-refractivity contribution is 5.77. The molecule has 326 valence electrons. The third kappa shape index (κ3) is 39.2. The van der Waals surface area contributed by atoms with Crippen LogP contribution < -0.4 is 5.32 Å². The minimum absolute atomic E-state index is 0.0782. The third-order valence-electron chi connectivity index (χ3n) is 11.3. The number of esters is 1. The molecule has 1 amide bonds. The summed E-state index contributed by atoms with van der Waals surface area (Å²) in [7, 11) is 0. The quantitative estimate of drug-likeness (QED) is 0.0325. The Bertz CT molecular complexity index is 832. The Balaban J connectivity index is 4.57. The molecule has 55 heavy (non-hydrogen) atoms. The zero-order valence-corrected chi connectivity index (χ0v) is 37.1. The SMILES string of the molecule is CCCCCCCCC/C=C\CCCCCC(=O)OC(CCCCCCCCCCCCCC)CC(=O)NC(CO)C(O)CCCCCCCCCCCC. The summed E-state index contributed by atoms with van der Waals surface area (Å²) in [5.41, 5.74) is 0. The van der Waals surface area contributed by atoms with Gasteiger partial charge in [0.05, 0.1) is 25.2 Å². The van der Waals surface area contributed by atoms with Crippen LogP contribution in [0.15, 0.2) is 12.2 Å². The maximum atomic E-state index is 13.1. The first-order valence-corrected chi connectivity index (χ1v) is 24.4. The molecule has 0 aromatic rings. The Hall–Kier alpha value is -1.40.